The van der Waals surface area contributed by atoms with Gasteiger partial charge in [-0.05, 0) is 62.4 Å². The van der Waals surface area contributed by atoms with Gasteiger partial charge in [0.25, 0.3) is 0 Å². The number of benzene rings is 1. The van der Waals surface area contributed by atoms with E-state index in [2.05, 4.69) is 15.6 Å². The third kappa shape index (κ3) is 4.04. The van der Waals surface area contributed by atoms with E-state index in [0.717, 1.165) is 35.1 Å². The number of esters is 1. The Balaban J connectivity index is 1.50. The number of carbonyl (C=O) groups excluding carboxylic acids is 2. The lowest BCUT2D eigenvalue weighted by molar-refractivity contribution is -0.119. The minimum absolute atomic E-state index is 0.0521. The molecule has 2 aromatic rings. The van der Waals surface area contributed by atoms with E-state index in [-0.39, 0.29) is 17.9 Å². The number of anilines is 1. The minimum Gasteiger partial charge on any atom is -0.461 e. The van der Waals surface area contributed by atoms with Gasteiger partial charge >= 0.3 is 5.97 Å². The number of H-pyrrole nitrogens is 1. The molecule has 1 aliphatic heterocycles. The summed E-state index contributed by atoms with van der Waals surface area (Å²) in [6, 6.07) is 5.61. The molecule has 3 N–H and O–H groups in total. The second kappa shape index (κ2) is 8.57. The summed E-state index contributed by atoms with van der Waals surface area (Å²) >= 11 is 0. The summed E-state index contributed by atoms with van der Waals surface area (Å²) in [5, 5.41) is 7.46. The van der Waals surface area contributed by atoms with Crippen LogP contribution in [0.3, 0.4) is 0 Å². The summed E-state index contributed by atoms with van der Waals surface area (Å²) in [5.74, 6) is 0.799. The zero-order chi connectivity index (χ0) is 20.4. The molecule has 1 unspecified atom stereocenters. The first-order valence-corrected chi connectivity index (χ1v) is 10.9. The van der Waals surface area contributed by atoms with Gasteiger partial charge in [-0.3, -0.25) is 4.79 Å². The molecular formula is C23H31N3O3. The van der Waals surface area contributed by atoms with E-state index in [1.54, 1.807) is 6.92 Å². The van der Waals surface area contributed by atoms with Crippen molar-refractivity contribution in [1.29, 1.82) is 0 Å². The summed E-state index contributed by atoms with van der Waals surface area (Å²) in [6.07, 6.45) is 7.50. The third-order valence-electron chi connectivity index (χ3n) is 6.61. The van der Waals surface area contributed by atoms with Gasteiger partial charge in [-0.15, -0.1) is 0 Å². The van der Waals surface area contributed by atoms with Crippen molar-refractivity contribution in [3.8, 4) is 0 Å². The van der Waals surface area contributed by atoms with Crippen LogP contribution < -0.4 is 10.6 Å². The molecule has 0 spiro atoms. The monoisotopic (exact) mass is 397 g/mol. The highest BCUT2D eigenvalue weighted by Crippen LogP contribution is 2.36. The quantitative estimate of drug-likeness (QED) is 0.662. The van der Waals surface area contributed by atoms with Crippen LogP contribution in [0.2, 0.25) is 0 Å². The van der Waals surface area contributed by atoms with E-state index in [1.807, 2.05) is 25.1 Å². The van der Waals surface area contributed by atoms with Crippen molar-refractivity contribution in [2.45, 2.75) is 58.4 Å². The predicted octanol–water partition coefficient (Wildman–Crippen LogP) is 4.15. The molecule has 29 heavy (non-hydrogen) atoms. The van der Waals surface area contributed by atoms with Crippen LogP contribution in [0.4, 0.5) is 5.69 Å². The van der Waals surface area contributed by atoms with Gasteiger partial charge in [0.05, 0.1) is 12.6 Å². The molecule has 4 rings (SSSR count). The van der Waals surface area contributed by atoms with E-state index < -0.39 is 0 Å². The second-order valence-electron chi connectivity index (χ2n) is 8.38. The number of aromatic nitrogens is 1. The minimum atomic E-state index is -0.350. The van der Waals surface area contributed by atoms with Crippen LogP contribution in [-0.4, -0.2) is 36.1 Å². The maximum absolute atomic E-state index is 13.0. The first-order valence-electron chi connectivity index (χ1n) is 10.9. The highest BCUT2D eigenvalue weighted by atomic mass is 16.5. The van der Waals surface area contributed by atoms with Crippen molar-refractivity contribution >= 4 is 28.5 Å². The van der Waals surface area contributed by atoms with E-state index >= 15 is 0 Å². The van der Waals surface area contributed by atoms with Gasteiger partial charge < -0.3 is 20.4 Å². The molecule has 6 nitrogen and oxygen atoms in total. The van der Waals surface area contributed by atoms with Crippen LogP contribution in [0.15, 0.2) is 18.2 Å². The van der Waals surface area contributed by atoms with Crippen molar-refractivity contribution in [2.75, 3.05) is 18.5 Å². The lowest BCUT2D eigenvalue weighted by Gasteiger charge is -2.30. The van der Waals surface area contributed by atoms with Crippen LogP contribution in [-0.2, 0) is 9.53 Å². The van der Waals surface area contributed by atoms with Gasteiger partial charge in [0.1, 0.15) is 5.69 Å². The van der Waals surface area contributed by atoms with Crippen LogP contribution >= 0.6 is 0 Å². The summed E-state index contributed by atoms with van der Waals surface area (Å²) in [5.41, 5.74) is 2.94. The lowest BCUT2D eigenvalue weighted by Crippen LogP contribution is -2.42. The normalized spacial score (nSPS) is 22.7. The summed E-state index contributed by atoms with van der Waals surface area (Å²) in [4.78, 5) is 28.3. The molecule has 2 aliphatic rings. The van der Waals surface area contributed by atoms with E-state index in [1.165, 1.54) is 32.1 Å². The maximum Gasteiger partial charge on any atom is 0.355 e. The Morgan fingerprint density at radius 2 is 1.97 bits per heavy atom. The number of hydrogen-bond donors (Lipinski definition) is 3. The topological polar surface area (TPSA) is 83.2 Å². The zero-order valence-corrected chi connectivity index (χ0v) is 17.3. The molecule has 1 aliphatic carbocycles. The molecule has 156 valence electrons. The van der Waals surface area contributed by atoms with Crippen LogP contribution in [0.1, 0.15) is 61.5 Å². The fraction of sp³-hybridized carbons (Fsp3) is 0.565. The van der Waals surface area contributed by atoms with Crippen molar-refractivity contribution in [3.05, 3.63) is 29.5 Å². The van der Waals surface area contributed by atoms with E-state index in [0.29, 0.717) is 24.1 Å². The number of aromatic amines is 1. The number of aryl methyl sites for hydroxylation is 1. The highest BCUT2D eigenvalue weighted by molar-refractivity contribution is 6.01. The maximum atomic E-state index is 13.0. The van der Waals surface area contributed by atoms with Gasteiger partial charge in [-0.1, -0.05) is 32.1 Å². The molecule has 2 atom stereocenters. The summed E-state index contributed by atoms with van der Waals surface area (Å²) in [6.45, 7) is 4.94. The molecule has 1 saturated carbocycles. The number of ether oxygens (including phenoxy) is 1. The summed E-state index contributed by atoms with van der Waals surface area (Å²) < 4.78 is 5.12. The number of rotatable bonds is 5. The van der Waals surface area contributed by atoms with Crippen molar-refractivity contribution in [2.24, 2.45) is 11.8 Å². The molecule has 2 fully saturated rings. The first-order chi connectivity index (χ1) is 14.1. The largest absolute Gasteiger partial charge is 0.461 e. The standard InChI is InChI=1S/C23H31N3O3/c1-3-29-23(28)20-14(2)18-13-16(9-10-19(18)26-20)25-22(27)21-17(11-12-24-21)15-7-5-4-6-8-15/h9-10,13,15,17,21,24,26H,3-8,11-12H2,1-2H3,(H,25,27)/t17?,21-/m0/s1. The average molecular weight is 398 g/mol. The SMILES string of the molecule is CCOC(=O)c1[nH]c2ccc(NC(=O)[C@H]3NCCC3C3CCCCC3)cc2c1C. The third-order valence-corrected chi connectivity index (χ3v) is 6.61. The van der Waals surface area contributed by atoms with Crippen LogP contribution in [0.5, 0.6) is 0 Å². The van der Waals surface area contributed by atoms with Gasteiger partial charge in [-0.25, -0.2) is 4.79 Å². The highest BCUT2D eigenvalue weighted by Gasteiger charge is 2.38. The van der Waals surface area contributed by atoms with Crippen molar-refractivity contribution in [3.63, 3.8) is 0 Å². The molecule has 1 saturated heterocycles. The Hall–Kier alpha value is -2.34. The summed E-state index contributed by atoms with van der Waals surface area (Å²) in [7, 11) is 0. The second-order valence-corrected chi connectivity index (χ2v) is 8.38. The van der Waals surface area contributed by atoms with Gasteiger partial charge in [0.2, 0.25) is 5.91 Å². The lowest BCUT2D eigenvalue weighted by atomic mass is 9.76. The van der Waals surface area contributed by atoms with Gasteiger partial charge in [0, 0.05) is 16.6 Å². The van der Waals surface area contributed by atoms with Gasteiger partial charge in [0.15, 0.2) is 0 Å². The first kappa shape index (κ1) is 20.0. The smallest absolute Gasteiger partial charge is 0.355 e. The zero-order valence-electron chi connectivity index (χ0n) is 17.3. The van der Waals surface area contributed by atoms with Crippen LogP contribution in [0, 0.1) is 18.8 Å². The molecule has 6 heteroatoms. The Kier molecular flexibility index (Phi) is 5.90. The number of amides is 1. The Morgan fingerprint density at radius 3 is 2.72 bits per heavy atom. The van der Waals surface area contributed by atoms with Crippen molar-refractivity contribution in [1.82, 2.24) is 10.3 Å². The molecule has 2 heterocycles. The number of hydrogen-bond acceptors (Lipinski definition) is 4. The van der Waals surface area contributed by atoms with E-state index in [9.17, 15) is 9.59 Å². The fourth-order valence-electron chi connectivity index (χ4n) is 5.11. The Labute approximate surface area is 171 Å². The Bertz CT molecular complexity index is 898. The number of nitrogens with one attached hydrogen (secondary N) is 3. The van der Waals surface area contributed by atoms with Crippen LogP contribution in [0.25, 0.3) is 10.9 Å². The number of fused-ring (bicyclic) bond motifs is 1. The van der Waals surface area contributed by atoms with Gasteiger partial charge in [-0.2, -0.15) is 0 Å². The van der Waals surface area contributed by atoms with E-state index in [4.69, 9.17) is 4.74 Å². The molecule has 1 amide bonds. The molecule has 1 aromatic carbocycles. The average Bonchev–Trinajstić information content (AvgIpc) is 3.34. The van der Waals surface area contributed by atoms with Crippen molar-refractivity contribution < 1.29 is 14.3 Å². The molecule has 0 radical (unpaired) electrons. The number of carbonyl (C=O) groups is 2. The predicted molar refractivity (Wildman–Crippen MR) is 114 cm³/mol. The molecule has 0 bridgehead atoms. The Morgan fingerprint density at radius 1 is 1.17 bits per heavy atom. The molecular weight excluding hydrogens is 366 g/mol. The fourth-order valence-corrected chi connectivity index (χ4v) is 5.11. The molecule has 1 aromatic heterocycles.